The van der Waals surface area contributed by atoms with Gasteiger partial charge in [-0.25, -0.2) is 9.97 Å². The summed E-state index contributed by atoms with van der Waals surface area (Å²) >= 11 is 0. The van der Waals surface area contributed by atoms with Gasteiger partial charge in [-0.3, -0.25) is 14.2 Å². The fourth-order valence-corrected chi connectivity index (χ4v) is 1.84. The molecule has 0 unspecified atom stereocenters. The Morgan fingerprint density at radius 3 is 2.86 bits per heavy atom. The van der Waals surface area contributed by atoms with Crippen molar-refractivity contribution in [3.63, 3.8) is 0 Å². The molecule has 1 amide bonds. The highest BCUT2D eigenvalue weighted by atomic mass is 16.5. The van der Waals surface area contributed by atoms with Gasteiger partial charge < -0.3 is 10.1 Å². The molecule has 0 aliphatic carbocycles. The van der Waals surface area contributed by atoms with Crippen LogP contribution in [0, 0.1) is 0 Å². The molecule has 0 aliphatic rings. The molecule has 0 saturated heterocycles. The Kier molecular flexibility index (Phi) is 5.65. The molecule has 0 saturated carbocycles. The fraction of sp³-hybridized carbons (Fsp3) is 0.333. The molecular weight excluding hydrogens is 284 g/mol. The van der Waals surface area contributed by atoms with Gasteiger partial charge in [-0.15, -0.1) is 0 Å². The highest BCUT2D eigenvalue weighted by Gasteiger charge is 2.07. The lowest BCUT2D eigenvalue weighted by molar-refractivity contribution is -0.143. The number of hydrogen-bond acceptors (Lipinski definition) is 5. The van der Waals surface area contributed by atoms with Crippen molar-refractivity contribution >= 4 is 11.9 Å². The van der Waals surface area contributed by atoms with E-state index in [1.807, 2.05) is 0 Å². The quantitative estimate of drug-likeness (QED) is 0.616. The summed E-state index contributed by atoms with van der Waals surface area (Å²) in [5.74, 6) is 0.230. The average molecular weight is 302 g/mol. The van der Waals surface area contributed by atoms with E-state index in [4.69, 9.17) is 4.74 Å². The third-order valence-electron chi connectivity index (χ3n) is 2.93. The van der Waals surface area contributed by atoms with Crippen molar-refractivity contribution in [3.05, 3.63) is 42.6 Å². The van der Waals surface area contributed by atoms with Gasteiger partial charge in [0.15, 0.2) is 0 Å². The lowest BCUT2D eigenvalue weighted by atomic mass is 10.2. The first-order valence-electron chi connectivity index (χ1n) is 7.09. The van der Waals surface area contributed by atoms with Crippen LogP contribution in [0.5, 0.6) is 0 Å². The third kappa shape index (κ3) is 4.41. The number of amides is 1. The van der Waals surface area contributed by atoms with Crippen LogP contribution in [0.15, 0.2) is 37.1 Å². The molecule has 0 fully saturated rings. The maximum atomic E-state index is 11.9. The van der Waals surface area contributed by atoms with Crippen molar-refractivity contribution in [2.24, 2.45) is 0 Å². The number of esters is 1. The normalized spacial score (nSPS) is 10.2. The number of rotatable bonds is 7. The number of carbonyl (C=O) groups excluding carboxylic acids is 2. The molecule has 2 rings (SSSR count). The molecule has 22 heavy (non-hydrogen) atoms. The number of ether oxygens (including phenoxy) is 1. The van der Waals surface area contributed by atoms with Gasteiger partial charge in [0.1, 0.15) is 12.1 Å². The van der Waals surface area contributed by atoms with Gasteiger partial charge in [-0.1, -0.05) is 0 Å². The summed E-state index contributed by atoms with van der Waals surface area (Å²) in [5.41, 5.74) is 0.472. The number of aromatic nitrogens is 3. The summed E-state index contributed by atoms with van der Waals surface area (Å²) in [6, 6.07) is 3.44. The Morgan fingerprint density at radius 1 is 1.36 bits per heavy atom. The van der Waals surface area contributed by atoms with Crippen molar-refractivity contribution in [3.8, 4) is 5.82 Å². The predicted molar refractivity (Wildman–Crippen MR) is 79.6 cm³/mol. The summed E-state index contributed by atoms with van der Waals surface area (Å²) in [6.07, 6.45) is 7.42. The van der Waals surface area contributed by atoms with E-state index in [0.29, 0.717) is 37.4 Å². The molecule has 0 atom stereocenters. The zero-order valence-corrected chi connectivity index (χ0v) is 12.4. The topological polar surface area (TPSA) is 86.1 Å². The predicted octanol–water partition coefficient (Wildman–Crippen LogP) is 1.34. The van der Waals surface area contributed by atoms with E-state index in [1.165, 1.54) is 6.20 Å². The molecule has 116 valence electrons. The van der Waals surface area contributed by atoms with E-state index in [0.717, 1.165) is 0 Å². The molecule has 2 aromatic heterocycles. The largest absolute Gasteiger partial charge is 0.466 e. The lowest BCUT2D eigenvalue weighted by Gasteiger charge is -2.06. The highest BCUT2D eigenvalue weighted by Crippen LogP contribution is 2.05. The highest BCUT2D eigenvalue weighted by molar-refractivity contribution is 5.93. The van der Waals surface area contributed by atoms with Crippen LogP contribution >= 0.6 is 0 Å². The van der Waals surface area contributed by atoms with Crippen LogP contribution in [0.25, 0.3) is 5.82 Å². The smallest absolute Gasteiger partial charge is 0.305 e. The van der Waals surface area contributed by atoms with Crippen LogP contribution in [0.3, 0.4) is 0 Å². The SMILES string of the molecule is CCOC(=O)CCCNC(=O)c1ccc(-n2ccnc2)nc1. The second-order valence-corrected chi connectivity index (χ2v) is 4.54. The summed E-state index contributed by atoms with van der Waals surface area (Å²) in [4.78, 5) is 31.2. The molecule has 2 aromatic rings. The summed E-state index contributed by atoms with van der Waals surface area (Å²) in [6.45, 7) is 2.56. The zero-order valence-electron chi connectivity index (χ0n) is 12.4. The molecule has 1 N–H and O–H groups in total. The van der Waals surface area contributed by atoms with Gasteiger partial charge >= 0.3 is 5.97 Å². The van der Waals surface area contributed by atoms with E-state index in [-0.39, 0.29) is 11.9 Å². The van der Waals surface area contributed by atoms with Crippen LogP contribution < -0.4 is 5.32 Å². The fourth-order valence-electron chi connectivity index (χ4n) is 1.84. The van der Waals surface area contributed by atoms with Crippen LogP contribution in [-0.2, 0) is 9.53 Å². The van der Waals surface area contributed by atoms with Crippen molar-refractivity contribution in [1.82, 2.24) is 19.9 Å². The van der Waals surface area contributed by atoms with E-state index < -0.39 is 0 Å². The second-order valence-electron chi connectivity index (χ2n) is 4.54. The standard InChI is InChI=1S/C15H18N4O3/c1-2-22-14(20)4-3-7-17-15(21)12-5-6-13(18-10-12)19-9-8-16-11-19/h5-6,8-11H,2-4,7H2,1H3,(H,17,21). The summed E-state index contributed by atoms with van der Waals surface area (Å²) in [7, 11) is 0. The number of nitrogens with one attached hydrogen (secondary N) is 1. The summed E-state index contributed by atoms with van der Waals surface area (Å²) in [5, 5.41) is 2.74. The minimum atomic E-state index is -0.247. The zero-order chi connectivity index (χ0) is 15.8. The van der Waals surface area contributed by atoms with Gasteiger partial charge in [0.05, 0.1) is 12.2 Å². The van der Waals surface area contributed by atoms with E-state index in [2.05, 4.69) is 15.3 Å². The van der Waals surface area contributed by atoms with Gasteiger partial charge in [-0.05, 0) is 25.5 Å². The Hall–Kier alpha value is -2.70. The first kappa shape index (κ1) is 15.7. The Morgan fingerprint density at radius 2 is 2.23 bits per heavy atom. The van der Waals surface area contributed by atoms with Crippen LogP contribution in [0.2, 0.25) is 0 Å². The van der Waals surface area contributed by atoms with Gasteiger partial charge in [-0.2, -0.15) is 0 Å². The van der Waals surface area contributed by atoms with Gasteiger partial charge in [0, 0.05) is 31.6 Å². The van der Waals surface area contributed by atoms with Crippen LogP contribution in [0.1, 0.15) is 30.1 Å². The van der Waals surface area contributed by atoms with Crippen LogP contribution in [-0.4, -0.2) is 39.6 Å². The number of carbonyl (C=O) groups is 2. The molecule has 0 aromatic carbocycles. The van der Waals surface area contributed by atoms with Crippen molar-refractivity contribution < 1.29 is 14.3 Å². The second kappa shape index (κ2) is 7.92. The van der Waals surface area contributed by atoms with E-state index in [1.54, 1.807) is 42.3 Å². The van der Waals surface area contributed by atoms with Crippen molar-refractivity contribution in [2.45, 2.75) is 19.8 Å². The lowest BCUT2D eigenvalue weighted by Crippen LogP contribution is -2.25. The van der Waals surface area contributed by atoms with Gasteiger partial charge in [0.2, 0.25) is 0 Å². The molecule has 7 nitrogen and oxygen atoms in total. The Bertz CT molecular complexity index is 608. The van der Waals surface area contributed by atoms with Gasteiger partial charge in [0.25, 0.3) is 5.91 Å². The minimum Gasteiger partial charge on any atom is -0.466 e. The van der Waals surface area contributed by atoms with E-state index >= 15 is 0 Å². The first-order valence-corrected chi connectivity index (χ1v) is 7.09. The molecule has 0 radical (unpaired) electrons. The molecule has 0 spiro atoms. The summed E-state index contributed by atoms with van der Waals surface area (Å²) < 4.78 is 6.56. The van der Waals surface area contributed by atoms with E-state index in [9.17, 15) is 9.59 Å². The van der Waals surface area contributed by atoms with Crippen molar-refractivity contribution in [1.29, 1.82) is 0 Å². The Labute approximate surface area is 128 Å². The van der Waals surface area contributed by atoms with Crippen LogP contribution in [0.4, 0.5) is 0 Å². The maximum absolute atomic E-state index is 11.9. The third-order valence-corrected chi connectivity index (χ3v) is 2.93. The monoisotopic (exact) mass is 302 g/mol. The number of hydrogen-bond donors (Lipinski definition) is 1. The number of nitrogens with zero attached hydrogens (tertiary/aromatic N) is 3. The number of imidazole rings is 1. The Balaban J connectivity index is 1.79. The number of pyridine rings is 1. The molecule has 2 heterocycles. The molecule has 0 aliphatic heterocycles. The maximum Gasteiger partial charge on any atom is 0.305 e. The molecule has 7 heteroatoms. The molecular formula is C15H18N4O3. The van der Waals surface area contributed by atoms with Crippen molar-refractivity contribution in [2.75, 3.05) is 13.2 Å². The first-order chi connectivity index (χ1) is 10.7. The average Bonchev–Trinajstić information content (AvgIpc) is 3.06. The minimum absolute atomic E-state index is 0.214. The molecule has 0 bridgehead atoms.